The number of benzene rings is 3. The van der Waals surface area contributed by atoms with Crippen molar-refractivity contribution in [3.05, 3.63) is 105 Å². The Bertz CT molecular complexity index is 997. The van der Waals surface area contributed by atoms with Gasteiger partial charge in [-0.1, -0.05) is 72.3 Å². The maximum absolute atomic E-state index is 13.1. The first kappa shape index (κ1) is 20.5. The van der Waals surface area contributed by atoms with E-state index in [9.17, 15) is 14.9 Å². The van der Waals surface area contributed by atoms with Gasteiger partial charge in [0.2, 0.25) is 0 Å². The maximum Gasteiger partial charge on any atom is 0.289 e. The van der Waals surface area contributed by atoms with Crippen molar-refractivity contribution in [1.82, 2.24) is 0 Å². The number of hydrogen-bond donors (Lipinski definition) is 2. The molecule has 0 heterocycles. The smallest absolute Gasteiger partial charge is 0.289 e. The van der Waals surface area contributed by atoms with Crippen LogP contribution in [-0.4, -0.2) is 10.8 Å². The first-order chi connectivity index (χ1) is 14.0. The second kappa shape index (κ2) is 9.32. The van der Waals surface area contributed by atoms with Gasteiger partial charge in [0.15, 0.2) is 6.04 Å². The molecule has 3 aromatic carbocycles. The molecular formula is C22H21ClN3O3+. The summed E-state index contributed by atoms with van der Waals surface area (Å²) < 4.78 is 0. The number of amides is 1. The quantitative estimate of drug-likeness (QED) is 0.450. The average Bonchev–Trinajstić information content (AvgIpc) is 2.74. The lowest BCUT2D eigenvalue weighted by Gasteiger charge is -2.20. The Kier molecular flexibility index (Phi) is 6.59. The van der Waals surface area contributed by atoms with Gasteiger partial charge in [-0.15, -0.1) is 0 Å². The molecule has 3 aromatic rings. The number of nitrogens with one attached hydrogen (secondary N) is 1. The summed E-state index contributed by atoms with van der Waals surface area (Å²) in [5.41, 5.74) is 2.02. The number of nitro groups is 1. The number of carbonyl (C=O) groups excluding carboxylic acids is 1. The lowest BCUT2D eigenvalue weighted by Crippen LogP contribution is -2.87. The zero-order valence-electron chi connectivity index (χ0n) is 15.8. The molecule has 6 nitrogen and oxygen atoms in total. The maximum atomic E-state index is 13.1. The van der Waals surface area contributed by atoms with Crippen LogP contribution in [-0.2, 0) is 4.79 Å². The van der Waals surface area contributed by atoms with Gasteiger partial charge in [-0.25, -0.2) is 0 Å². The van der Waals surface area contributed by atoms with E-state index in [0.717, 1.165) is 11.1 Å². The van der Waals surface area contributed by atoms with Crippen LogP contribution >= 0.6 is 11.6 Å². The number of nitrogens with two attached hydrogens (primary N) is 1. The van der Waals surface area contributed by atoms with Crippen molar-refractivity contribution in [3.8, 4) is 0 Å². The van der Waals surface area contributed by atoms with Gasteiger partial charge in [-0.2, -0.15) is 0 Å². The molecule has 29 heavy (non-hydrogen) atoms. The molecule has 1 amide bonds. The van der Waals surface area contributed by atoms with Gasteiger partial charge in [0.25, 0.3) is 11.6 Å². The Balaban J connectivity index is 1.85. The van der Waals surface area contributed by atoms with E-state index >= 15 is 0 Å². The van der Waals surface area contributed by atoms with Gasteiger partial charge in [0, 0.05) is 22.9 Å². The summed E-state index contributed by atoms with van der Waals surface area (Å²) in [6.45, 7) is 2.03. The topological polar surface area (TPSA) is 88.8 Å². The van der Waals surface area contributed by atoms with E-state index < -0.39 is 11.0 Å². The highest BCUT2D eigenvalue weighted by atomic mass is 35.5. The molecule has 0 bridgehead atoms. The number of nitro benzene ring substituents is 1. The fourth-order valence-corrected chi connectivity index (χ4v) is 3.30. The van der Waals surface area contributed by atoms with Crippen molar-refractivity contribution in [2.75, 3.05) is 5.32 Å². The fraction of sp³-hybridized carbons (Fsp3) is 0.136. The van der Waals surface area contributed by atoms with E-state index in [2.05, 4.69) is 5.32 Å². The molecule has 7 heteroatoms. The van der Waals surface area contributed by atoms with Gasteiger partial charge in [0.05, 0.1) is 4.92 Å². The van der Waals surface area contributed by atoms with Crippen LogP contribution in [0, 0.1) is 10.1 Å². The normalized spacial score (nSPS) is 12.8. The van der Waals surface area contributed by atoms with Crippen LogP contribution in [0.5, 0.6) is 0 Å². The standard InChI is InChI=1S/C22H20ClN3O3/c1-15(16-8-4-2-5-9-16)24-21(17-10-6-3-7-11-17)22(27)25-18-12-13-19(23)20(14-18)26(28)29/h2-15,21,24H,1H3,(H,25,27)/p+1/t15-,21+/m0/s1. The molecule has 0 aliphatic carbocycles. The molecule has 0 aliphatic rings. The monoisotopic (exact) mass is 410 g/mol. The van der Waals surface area contributed by atoms with Crippen LogP contribution in [0.3, 0.4) is 0 Å². The third-order valence-electron chi connectivity index (χ3n) is 4.66. The van der Waals surface area contributed by atoms with Gasteiger partial charge >= 0.3 is 0 Å². The Hall–Kier alpha value is -3.22. The van der Waals surface area contributed by atoms with Crippen LogP contribution in [0.25, 0.3) is 0 Å². The zero-order valence-corrected chi connectivity index (χ0v) is 16.5. The third-order valence-corrected chi connectivity index (χ3v) is 4.98. The molecule has 3 rings (SSSR count). The van der Waals surface area contributed by atoms with Gasteiger partial charge in [-0.05, 0) is 19.1 Å². The van der Waals surface area contributed by atoms with E-state index in [1.165, 1.54) is 12.1 Å². The lowest BCUT2D eigenvalue weighted by atomic mass is 10.0. The Labute approximate surface area is 173 Å². The van der Waals surface area contributed by atoms with Crippen molar-refractivity contribution >= 4 is 28.9 Å². The van der Waals surface area contributed by atoms with E-state index in [0.29, 0.717) is 5.69 Å². The minimum absolute atomic E-state index is 0.0249. The highest BCUT2D eigenvalue weighted by molar-refractivity contribution is 6.32. The summed E-state index contributed by atoms with van der Waals surface area (Å²) >= 11 is 5.86. The summed E-state index contributed by atoms with van der Waals surface area (Å²) in [5, 5.41) is 15.9. The first-order valence-electron chi connectivity index (χ1n) is 9.15. The molecule has 0 aliphatic heterocycles. The van der Waals surface area contributed by atoms with Gasteiger partial charge < -0.3 is 10.6 Å². The Morgan fingerprint density at radius 2 is 1.59 bits per heavy atom. The second-order valence-electron chi connectivity index (χ2n) is 6.69. The number of quaternary nitrogens is 1. The van der Waals surface area contributed by atoms with Crippen LogP contribution < -0.4 is 10.6 Å². The number of halogens is 1. The largest absolute Gasteiger partial charge is 0.326 e. The molecule has 2 atom stereocenters. The third kappa shape index (κ3) is 5.19. The number of hydrogen-bond acceptors (Lipinski definition) is 3. The summed E-state index contributed by atoms with van der Waals surface area (Å²) in [5.74, 6) is -0.268. The summed E-state index contributed by atoms with van der Waals surface area (Å²) in [6.07, 6.45) is 0. The Morgan fingerprint density at radius 3 is 2.17 bits per heavy atom. The minimum Gasteiger partial charge on any atom is -0.326 e. The minimum atomic E-state index is -0.573. The van der Waals surface area contributed by atoms with Crippen molar-refractivity contribution in [2.45, 2.75) is 19.0 Å². The Morgan fingerprint density at radius 1 is 1.00 bits per heavy atom. The molecule has 0 aromatic heterocycles. The highest BCUT2D eigenvalue weighted by Gasteiger charge is 2.27. The first-order valence-corrected chi connectivity index (χ1v) is 9.53. The zero-order chi connectivity index (χ0) is 20.8. The van der Waals surface area contributed by atoms with Crippen LogP contribution in [0.4, 0.5) is 11.4 Å². The number of carbonyl (C=O) groups is 1. The molecule has 3 N–H and O–H groups in total. The van der Waals surface area contributed by atoms with Gasteiger partial charge in [0.1, 0.15) is 11.1 Å². The highest BCUT2D eigenvalue weighted by Crippen LogP contribution is 2.27. The molecule has 0 saturated carbocycles. The van der Waals surface area contributed by atoms with Crippen molar-refractivity contribution in [2.24, 2.45) is 0 Å². The summed E-state index contributed by atoms with van der Waals surface area (Å²) in [7, 11) is 0. The number of rotatable bonds is 7. The van der Waals surface area contributed by atoms with E-state index in [1.54, 1.807) is 6.07 Å². The SMILES string of the molecule is C[C@H]([NH2+][C@@H](C(=O)Nc1ccc(Cl)c([N+](=O)[O-])c1)c1ccccc1)c1ccccc1. The lowest BCUT2D eigenvalue weighted by molar-refractivity contribution is -0.718. The van der Waals surface area contributed by atoms with Crippen LogP contribution in [0.2, 0.25) is 5.02 Å². The summed E-state index contributed by atoms with van der Waals surface area (Å²) in [6, 6.07) is 23.1. The predicted molar refractivity (Wildman–Crippen MR) is 113 cm³/mol. The van der Waals surface area contributed by atoms with Crippen molar-refractivity contribution in [1.29, 1.82) is 0 Å². The van der Waals surface area contributed by atoms with Crippen LogP contribution in [0.15, 0.2) is 78.9 Å². The second-order valence-corrected chi connectivity index (χ2v) is 7.10. The van der Waals surface area contributed by atoms with Gasteiger partial charge in [-0.3, -0.25) is 14.9 Å². The van der Waals surface area contributed by atoms with E-state index in [-0.39, 0.29) is 22.7 Å². The predicted octanol–water partition coefficient (Wildman–Crippen LogP) is 4.25. The molecule has 0 radical (unpaired) electrons. The molecule has 0 saturated heterocycles. The molecule has 0 fully saturated rings. The van der Waals surface area contributed by atoms with Crippen LogP contribution in [0.1, 0.15) is 30.1 Å². The molecular weight excluding hydrogens is 390 g/mol. The fourth-order valence-electron chi connectivity index (χ4n) is 3.12. The average molecular weight is 411 g/mol. The molecule has 0 spiro atoms. The number of nitrogens with zero attached hydrogens (tertiary/aromatic N) is 1. The van der Waals surface area contributed by atoms with Crippen molar-refractivity contribution in [3.63, 3.8) is 0 Å². The van der Waals surface area contributed by atoms with Crippen molar-refractivity contribution < 1.29 is 15.0 Å². The molecule has 148 valence electrons. The van der Waals surface area contributed by atoms with E-state index in [4.69, 9.17) is 11.6 Å². The summed E-state index contributed by atoms with van der Waals surface area (Å²) in [4.78, 5) is 23.6. The molecule has 0 unspecified atom stereocenters. The van der Waals surface area contributed by atoms with E-state index in [1.807, 2.05) is 72.9 Å². The number of anilines is 1.